The fraction of sp³-hybridized carbons (Fsp3) is 0.217. The van der Waals surface area contributed by atoms with Crippen LogP contribution in [0.15, 0.2) is 51.7 Å². The lowest BCUT2D eigenvalue weighted by molar-refractivity contribution is -0.115. The van der Waals surface area contributed by atoms with E-state index in [-0.39, 0.29) is 11.5 Å². The van der Waals surface area contributed by atoms with Crippen LogP contribution in [0.5, 0.6) is 0 Å². The number of rotatable bonds is 5. The van der Waals surface area contributed by atoms with Crippen LogP contribution in [0.3, 0.4) is 0 Å². The van der Waals surface area contributed by atoms with Gasteiger partial charge < -0.3 is 0 Å². The minimum absolute atomic E-state index is 0.0793. The van der Waals surface area contributed by atoms with Crippen molar-refractivity contribution in [3.8, 4) is 0 Å². The molecule has 164 valence electrons. The Morgan fingerprint density at radius 1 is 1.22 bits per heavy atom. The molecule has 6 nitrogen and oxygen atoms in total. The Balaban J connectivity index is 1.62. The van der Waals surface area contributed by atoms with Crippen molar-refractivity contribution in [1.29, 1.82) is 0 Å². The second-order valence-corrected chi connectivity index (χ2v) is 9.64. The van der Waals surface area contributed by atoms with Crippen LogP contribution >= 0.6 is 34.7 Å². The number of anilines is 2. The summed E-state index contributed by atoms with van der Waals surface area (Å²) in [5.74, 6) is 0.354. The van der Waals surface area contributed by atoms with Crippen LogP contribution in [-0.2, 0) is 17.6 Å². The first-order valence-corrected chi connectivity index (χ1v) is 12.1. The summed E-state index contributed by atoms with van der Waals surface area (Å²) in [5.41, 5.74) is 3.98. The summed E-state index contributed by atoms with van der Waals surface area (Å²) in [6.07, 6.45) is 0. The summed E-state index contributed by atoms with van der Waals surface area (Å²) in [6, 6.07) is 11.1. The lowest BCUT2D eigenvalue weighted by Gasteiger charge is -2.22. The molecule has 2 aromatic heterocycles. The van der Waals surface area contributed by atoms with E-state index in [1.54, 1.807) is 22.6 Å². The zero-order chi connectivity index (χ0) is 23.0. The first-order valence-electron chi connectivity index (χ1n) is 9.86. The molecule has 0 aliphatic heterocycles. The normalized spacial score (nSPS) is 11.2. The SMILES string of the molecule is CC(=O)N(c1nc(CSc2nc3ccccc3c(=O)n2C)cs1)c1c(C)cc(C)cc1Cl. The molecule has 2 heterocycles. The summed E-state index contributed by atoms with van der Waals surface area (Å²) in [5, 5.41) is 4.19. The summed E-state index contributed by atoms with van der Waals surface area (Å²) in [4.78, 5) is 36.0. The molecule has 0 radical (unpaired) electrons. The van der Waals surface area contributed by atoms with E-state index in [2.05, 4.69) is 9.97 Å². The zero-order valence-electron chi connectivity index (χ0n) is 18.0. The highest BCUT2D eigenvalue weighted by Crippen LogP contribution is 2.38. The number of carbonyl (C=O) groups is 1. The van der Waals surface area contributed by atoms with Crippen molar-refractivity contribution in [2.75, 3.05) is 4.90 Å². The van der Waals surface area contributed by atoms with E-state index in [4.69, 9.17) is 11.6 Å². The highest BCUT2D eigenvalue weighted by atomic mass is 35.5. The minimum atomic E-state index is -0.161. The van der Waals surface area contributed by atoms with Gasteiger partial charge >= 0.3 is 0 Å². The van der Waals surface area contributed by atoms with Crippen LogP contribution in [0, 0.1) is 13.8 Å². The largest absolute Gasteiger partial charge is 0.290 e. The number of hydrogen-bond donors (Lipinski definition) is 0. The van der Waals surface area contributed by atoms with E-state index in [0.29, 0.717) is 37.7 Å². The number of thioether (sulfide) groups is 1. The standard InChI is InChI=1S/C23H21ClN4O2S2/c1-13-9-14(2)20(18(24)10-13)28(15(3)29)23-25-16(12-32-23)11-31-22-26-19-8-6-5-7-17(19)21(30)27(22)4/h5-10,12H,11H2,1-4H3. The third kappa shape index (κ3) is 4.30. The van der Waals surface area contributed by atoms with Crippen molar-refractivity contribution in [2.24, 2.45) is 7.05 Å². The smallest absolute Gasteiger partial charge is 0.261 e. The highest BCUT2D eigenvalue weighted by molar-refractivity contribution is 7.98. The fourth-order valence-electron chi connectivity index (χ4n) is 3.51. The van der Waals surface area contributed by atoms with Crippen molar-refractivity contribution >= 4 is 62.3 Å². The third-order valence-electron chi connectivity index (χ3n) is 4.96. The molecule has 4 rings (SSSR count). The first kappa shape index (κ1) is 22.5. The second kappa shape index (κ2) is 9.05. The number of halogens is 1. The Bertz CT molecular complexity index is 1370. The average Bonchev–Trinajstić information content (AvgIpc) is 3.20. The molecule has 0 aliphatic rings. The van der Waals surface area contributed by atoms with Crippen molar-refractivity contribution in [1.82, 2.24) is 14.5 Å². The van der Waals surface area contributed by atoms with Gasteiger partial charge in [-0.1, -0.05) is 41.6 Å². The number of aromatic nitrogens is 3. The lowest BCUT2D eigenvalue weighted by Crippen LogP contribution is -2.24. The maximum atomic E-state index is 12.6. The number of benzene rings is 2. The molecular weight excluding hydrogens is 464 g/mol. The Morgan fingerprint density at radius 3 is 2.69 bits per heavy atom. The molecule has 0 fully saturated rings. The van der Waals surface area contributed by atoms with Gasteiger partial charge in [0.05, 0.1) is 27.3 Å². The van der Waals surface area contributed by atoms with Gasteiger partial charge in [0.15, 0.2) is 10.3 Å². The number of fused-ring (bicyclic) bond motifs is 1. The summed E-state index contributed by atoms with van der Waals surface area (Å²) in [7, 11) is 1.72. The van der Waals surface area contributed by atoms with E-state index >= 15 is 0 Å². The van der Waals surface area contributed by atoms with Gasteiger partial charge in [0.2, 0.25) is 5.91 Å². The average molecular weight is 485 g/mol. The number of aryl methyl sites for hydroxylation is 2. The van der Waals surface area contributed by atoms with E-state index in [1.807, 2.05) is 49.6 Å². The molecule has 0 saturated carbocycles. The Morgan fingerprint density at radius 2 is 1.97 bits per heavy atom. The molecule has 2 aromatic carbocycles. The molecule has 0 spiro atoms. The van der Waals surface area contributed by atoms with Crippen LogP contribution in [0.1, 0.15) is 23.7 Å². The van der Waals surface area contributed by atoms with Crippen molar-refractivity contribution in [3.63, 3.8) is 0 Å². The highest BCUT2D eigenvalue weighted by Gasteiger charge is 2.23. The van der Waals surface area contributed by atoms with Crippen LogP contribution < -0.4 is 10.5 Å². The van der Waals surface area contributed by atoms with E-state index in [9.17, 15) is 9.59 Å². The molecule has 0 aliphatic carbocycles. The van der Waals surface area contributed by atoms with Gasteiger partial charge in [0, 0.05) is 25.1 Å². The van der Waals surface area contributed by atoms with Gasteiger partial charge in [0.1, 0.15) is 0 Å². The second-order valence-electron chi connectivity index (χ2n) is 7.45. The van der Waals surface area contributed by atoms with Gasteiger partial charge in [-0.25, -0.2) is 9.97 Å². The van der Waals surface area contributed by atoms with Gasteiger partial charge in [-0.2, -0.15) is 0 Å². The maximum Gasteiger partial charge on any atom is 0.261 e. The number of amides is 1. The van der Waals surface area contributed by atoms with Crippen LogP contribution in [0.25, 0.3) is 10.9 Å². The summed E-state index contributed by atoms with van der Waals surface area (Å²) < 4.78 is 1.55. The Kier molecular flexibility index (Phi) is 6.37. The number of hydrogen-bond acceptors (Lipinski definition) is 6. The molecular formula is C23H21ClN4O2S2. The monoisotopic (exact) mass is 484 g/mol. The van der Waals surface area contributed by atoms with Crippen LogP contribution in [0.4, 0.5) is 10.8 Å². The topological polar surface area (TPSA) is 68.1 Å². The first-order chi connectivity index (χ1) is 15.3. The van der Waals surface area contributed by atoms with E-state index in [0.717, 1.165) is 16.8 Å². The number of nitrogens with zero attached hydrogens (tertiary/aromatic N) is 4. The number of para-hydroxylation sites is 1. The Labute approximate surface area is 198 Å². The predicted molar refractivity (Wildman–Crippen MR) is 132 cm³/mol. The molecule has 32 heavy (non-hydrogen) atoms. The minimum Gasteiger partial charge on any atom is -0.290 e. The van der Waals surface area contributed by atoms with Gasteiger partial charge in [-0.05, 0) is 43.2 Å². The number of thiazole rings is 1. The van der Waals surface area contributed by atoms with E-state index in [1.165, 1.54) is 30.0 Å². The van der Waals surface area contributed by atoms with Crippen LogP contribution in [-0.4, -0.2) is 20.4 Å². The quantitative estimate of drug-likeness (QED) is 0.271. The fourth-order valence-corrected chi connectivity index (χ4v) is 5.76. The van der Waals surface area contributed by atoms with Gasteiger partial charge in [0.25, 0.3) is 5.56 Å². The molecule has 0 atom stereocenters. The summed E-state index contributed by atoms with van der Waals surface area (Å²) >= 11 is 9.30. The van der Waals surface area contributed by atoms with Crippen molar-refractivity contribution in [3.05, 3.63) is 74.0 Å². The third-order valence-corrected chi connectivity index (χ3v) is 7.19. The van der Waals surface area contributed by atoms with Crippen LogP contribution in [0.2, 0.25) is 5.02 Å². The lowest BCUT2D eigenvalue weighted by atomic mass is 10.1. The summed E-state index contributed by atoms with van der Waals surface area (Å²) in [6.45, 7) is 5.40. The molecule has 4 aromatic rings. The van der Waals surface area contributed by atoms with Crippen molar-refractivity contribution < 1.29 is 4.79 Å². The predicted octanol–water partition coefficient (Wildman–Crippen LogP) is 5.64. The molecule has 0 saturated heterocycles. The molecule has 0 N–H and O–H groups in total. The Hall–Kier alpha value is -2.68. The van der Waals surface area contributed by atoms with E-state index < -0.39 is 0 Å². The molecule has 0 unspecified atom stereocenters. The number of carbonyl (C=O) groups excluding carboxylic acids is 1. The molecule has 9 heteroatoms. The molecule has 1 amide bonds. The maximum absolute atomic E-state index is 12.6. The zero-order valence-corrected chi connectivity index (χ0v) is 20.4. The van der Waals surface area contributed by atoms with Gasteiger partial charge in [-0.15, -0.1) is 11.3 Å². The van der Waals surface area contributed by atoms with Gasteiger partial charge in [-0.3, -0.25) is 19.1 Å². The molecule has 0 bridgehead atoms. The van der Waals surface area contributed by atoms with Crippen molar-refractivity contribution in [2.45, 2.75) is 31.7 Å².